The van der Waals surface area contributed by atoms with Crippen molar-refractivity contribution >= 4 is 0 Å². The molecule has 2 nitrogen and oxygen atoms in total. The number of unbranched alkanes of at least 4 members (excludes halogenated alkanes) is 1. The highest BCUT2D eigenvalue weighted by atomic mass is 16.3. The zero-order valence-corrected chi connectivity index (χ0v) is 10.2. The molecule has 1 atom stereocenters. The molecule has 0 saturated heterocycles. The van der Waals surface area contributed by atoms with Crippen molar-refractivity contribution in [1.29, 1.82) is 0 Å². The molecule has 1 unspecified atom stereocenters. The van der Waals surface area contributed by atoms with Gasteiger partial charge in [0.1, 0.15) is 0 Å². The van der Waals surface area contributed by atoms with Gasteiger partial charge in [-0.1, -0.05) is 45.4 Å². The van der Waals surface area contributed by atoms with Crippen LogP contribution in [0.2, 0.25) is 0 Å². The maximum absolute atomic E-state index is 9.29. The van der Waals surface area contributed by atoms with Gasteiger partial charge in [-0.15, -0.1) is 0 Å². The van der Waals surface area contributed by atoms with E-state index in [1.807, 2.05) is 0 Å². The van der Waals surface area contributed by atoms with Gasteiger partial charge in [-0.2, -0.15) is 0 Å². The molecule has 0 amide bonds. The number of hydrogen-bond donors (Lipinski definition) is 2. The second kappa shape index (κ2) is 8.12. The van der Waals surface area contributed by atoms with Crippen LogP contribution in [0, 0.1) is 0 Å². The van der Waals surface area contributed by atoms with Crippen molar-refractivity contribution in [3.63, 3.8) is 0 Å². The fourth-order valence-corrected chi connectivity index (χ4v) is 2.46. The zero-order chi connectivity index (χ0) is 10.9. The highest BCUT2D eigenvalue weighted by Crippen LogP contribution is 2.18. The SMILES string of the molecule is CCCCC(CO)NC1CCCCCC1. The molecule has 1 saturated carbocycles. The molecule has 1 fully saturated rings. The first-order valence-electron chi connectivity index (χ1n) is 6.73. The third-order valence-electron chi connectivity index (χ3n) is 3.45. The second-order valence-electron chi connectivity index (χ2n) is 4.88. The van der Waals surface area contributed by atoms with Gasteiger partial charge in [0.05, 0.1) is 6.61 Å². The Hall–Kier alpha value is -0.0800. The lowest BCUT2D eigenvalue weighted by molar-refractivity contribution is 0.217. The molecule has 0 heterocycles. The summed E-state index contributed by atoms with van der Waals surface area (Å²) in [6, 6.07) is 1.01. The highest BCUT2D eigenvalue weighted by Gasteiger charge is 2.15. The van der Waals surface area contributed by atoms with Gasteiger partial charge in [-0.25, -0.2) is 0 Å². The van der Waals surface area contributed by atoms with Crippen molar-refractivity contribution in [2.45, 2.75) is 76.8 Å². The molecular formula is C13H27NO. The van der Waals surface area contributed by atoms with Gasteiger partial charge >= 0.3 is 0 Å². The molecule has 0 aliphatic heterocycles. The van der Waals surface area contributed by atoms with Crippen molar-refractivity contribution in [3.05, 3.63) is 0 Å². The average Bonchev–Trinajstić information content (AvgIpc) is 2.52. The molecule has 2 N–H and O–H groups in total. The molecule has 0 radical (unpaired) electrons. The van der Waals surface area contributed by atoms with Crippen LogP contribution in [-0.2, 0) is 0 Å². The van der Waals surface area contributed by atoms with Crippen LogP contribution in [0.15, 0.2) is 0 Å². The Bertz CT molecular complexity index is 141. The fourth-order valence-electron chi connectivity index (χ4n) is 2.46. The van der Waals surface area contributed by atoms with Gasteiger partial charge < -0.3 is 10.4 Å². The summed E-state index contributed by atoms with van der Waals surface area (Å²) >= 11 is 0. The van der Waals surface area contributed by atoms with E-state index in [-0.39, 0.29) is 0 Å². The molecule has 0 aromatic carbocycles. The Labute approximate surface area is 94.5 Å². The average molecular weight is 213 g/mol. The van der Waals surface area contributed by atoms with Gasteiger partial charge in [-0.3, -0.25) is 0 Å². The molecule has 1 aliphatic carbocycles. The van der Waals surface area contributed by atoms with Crippen LogP contribution in [0.3, 0.4) is 0 Å². The Kier molecular flexibility index (Phi) is 7.03. The minimum Gasteiger partial charge on any atom is -0.395 e. The van der Waals surface area contributed by atoms with Crippen molar-refractivity contribution in [2.24, 2.45) is 0 Å². The Balaban J connectivity index is 2.22. The first-order chi connectivity index (χ1) is 7.36. The van der Waals surface area contributed by atoms with E-state index in [0.29, 0.717) is 18.7 Å². The van der Waals surface area contributed by atoms with Crippen LogP contribution in [0.5, 0.6) is 0 Å². The van der Waals surface area contributed by atoms with Gasteiger partial charge in [-0.05, 0) is 19.3 Å². The lowest BCUT2D eigenvalue weighted by Gasteiger charge is -2.23. The van der Waals surface area contributed by atoms with Gasteiger partial charge in [0, 0.05) is 12.1 Å². The van der Waals surface area contributed by atoms with E-state index in [1.54, 1.807) is 0 Å². The molecule has 0 aromatic heterocycles. The summed E-state index contributed by atoms with van der Waals surface area (Å²) in [5, 5.41) is 12.9. The van der Waals surface area contributed by atoms with Gasteiger partial charge in [0.2, 0.25) is 0 Å². The highest BCUT2D eigenvalue weighted by molar-refractivity contribution is 4.76. The third-order valence-corrected chi connectivity index (χ3v) is 3.45. The third kappa shape index (κ3) is 5.53. The number of aliphatic hydroxyl groups excluding tert-OH is 1. The number of aliphatic hydroxyl groups is 1. The quantitative estimate of drug-likeness (QED) is 0.665. The predicted octanol–water partition coefficient (Wildman–Crippen LogP) is 2.85. The summed E-state index contributed by atoms with van der Waals surface area (Å²) in [4.78, 5) is 0. The Morgan fingerprint density at radius 3 is 2.40 bits per heavy atom. The fraction of sp³-hybridized carbons (Fsp3) is 1.00. The van der Waals surface area contributed by atoms with E-state index in [2.05, 4.69) is 12.2 Å². The van der Waals surface area contributed by atoms with E-state index < -0.39 is 0 Å². The van der Waals surface area contributed by atoms with Crippen LogP contribution >= 0.6 is 0 Å². The molecule has 1 rings (SSSR count). The minimum atomic E-state index is 0.302. The smallest absolute Gasteiger partial charge is 0.0584 e. The monoisotopic (exact) mass is 213 g/mol. The van der Waals surface area contributed by atoms with Crippen LogP contribution in [0.1, 0.15) is 64.7 Å². The van der Waals surface area contributed by atoms with E-state index in [0.717, 1.165) is 6.42 Å². The minimum absolute atomic E-state index is 0.302. The van der Waals surface area contributed by atoms with E-state index in [4.69, 9.17) is 0 Å². The van der Waals surface area contributed by atoms with E-state index in [1.165, 1.54) is 51.4 Å². The summed E-state index contributed by atoms with van der Waals surface area (Å²) in [7, 11) is 0. The van der Waals surface area contributed by atoms with Crippen molar-refractivity contribution in [3.8, 4) is 0 Å². The topological polar surface area (TPSA) is 32.3 Å². The largest absolute Gasteiger partial charge is 0.395 e. The number of rotatable bonds is 6. The normalized spacial score (nSPS) is 21.2. The Morgan fingerprint density at radius 1 is 1.20 bits per heavy atom. The summed E-state index contributed by atoms with van der Waals surface area (Å²) in [5.41, 5.74) is 0. The zero-order valence-electron chi connectivity index (χ0n) is 10.2. The molecule has 2 heteroatoms. The summed E-state index contributed by atoms with van der Waals surface area (Å²) in [5.74, 6) is 0. The lowest BCUT2D eigenvalue weighted by atomic mass is 10.1. The number of hydrogen-bond acceptors (Lipinski definition) is 2. The van der Waals surface area contributed by atoms with E-state index >= 15 is 0 Å². The van der Waals surface area contributed by atoms with E-state index in [9.17, 15) is 5.11 Å². The molecule has 0 aromatic rings. The first kappa shape index (κ1) is 13.0. The molecule has 90 valence electrons. The van der Waals surface area contributed by atoms with Crippen molar-refractivity contribution in [2.75, 3.05) is 6.61 Å². The molecular weight excluding hydrogens is 186 g/mol. The standard InChI is InChI=1S/C13H27NO/c1-2-3-8-13(11-15)14-12-9-6-4-5-7-10-12/h12-15H,2-11H2,1H3. The van der Waals surface area contributed by atoms with Gasteiger partial charge in [0.25, 0.3) is 0 Å². The first-order valence-corrected chi connectivity index (χ1v) is 6.73. The summed E-state index contributed by atoms with van der Waals surface area (Å²) in [6.07, 6.45) is 11.7. The summed E-state index contributed by atoms with van der Waals surface area (Å²) in [6.45, 7) is 2.51. The van der Waals surface area contributed by atoms with Crippen molar-refractivity contribution in [1.82, 2.24) is 5.32 Å². The summed E-state index contributed by atoms with van der Waals surface area (Å²) < 4.78 is 0. The maximum atomic E-state index is 9.29. The molecule has 15 heavy (non-hydrogen) atoms. The number of nitrogens with one attached hydrogen (secondary N) is 1. The van der Waals surface area contributed by atoms with Crippen molar-refractivity contribution < 1.29 is 5.11 Å². The van der Waals surface area contributed by atoms with Crippen LogP contribution in [0.4, 0.5) is 0 Å². The maximum Gasteiger partial charge on any atom is 0.0584 e. The molecule has 0 spiro atoms. The Morgan fingerprint density at radius 2 is 1.87 bits per heavy atom. The van der Waals surface area contributed by atoms with Crippen LogP contribution in [-0.4, -0.2) is 23.8 Å². The van der Waals surface area contributed by atoms with Crippen LogP contribution < -0.4 is 5.32 Å². The lowest BCUT2D eigenvalue weighted by Crippen LogP contribution is -2.40. The second-order valence-corrected chi connectivity index (χ2v) is 4.88. The predicted molar refractivity (Wildman–Crippen MR) is 65.0 cm³/mol. The molecule has 0 bridgehead atoms. The molecule has 1 aliphatic rings. The van der Waals surface area contributed by atoms with Crippen LogP contribution in [0.25, 0.3) is 0 Å². The van der Waals surface area contributed by atoms with Gasteiger partial charge in [0.15, 0.2) is 0 Å².